The van der Waals surface area contributed by atoms with E-state index in [1.54, 1.807) is 6.92 Å². The van der Waals surface area contributed by atoms with Crippen LogP contribution < -0.4 is 5.32 Å². The van der Waals surface area contributed by atoms with Crippen molar-refractivity contribution in [2.24, 2.45) is 0 Å². The molecular weight excluding hydrogens is 245 g/mol. The van der Waals surface area contributed by atoms with E-state index in [4.69, 9.17) is 4.74 Å². The Labute approximate surface area is 102 Å². The molecule has 2 rings (SSSR count). The highest BCUT2D eigenvalue weighted by Crippen LogP contribution is 2.33. The molecular formula is C11H10FNO3S. The van der Waals surface area contributed by atoms with Crippen LogP contribution in [0.15, 0.2) is 17.0 Å². The standard InChI is InChI=1S/C11H10FNO3S/c1-2-16-11(15)6-3-8-9(4-7(6)12)17-5-10(14)13-8/h3-4H,2,5H2,1H3,(H,13,14). The second-order valence-electron chi connectivity index (χ2n) is 3.39. The first-order chi connectivity index (χ1) is 8.11. The number of carbonyl (C=O) groups is 2. The number of halogens is 1. The summed E-state index contributed by atoms with van der Waals surface area (Å²) >= 11 is 1.24. The molecule has 90 valence electrons. The summed E-state index contributed by atoms with van der Waals surface area (Å²) in [4.78, 5) is 23.2. The Morgan fingerprint density at radius 3 is 3.06 bits per heavy atom. The van der Waals surface area contributed by atoms with Crippen LogP contribution in [0.4, 0.5) is 10.1 Å². The maximum atomic E-state index is 13.6. The summed E-state index contributed by atoms with van der Waals surface area (Å²) in [5.74, 6) is -1.27. The van der Waals surface area contributed by atoms with Crippen LogP contribution in [0.3, 0.4) is 0 Å². The number of rotatable bonds is 2. The number of ether oxygens (including phenoxy) is 1. The minimum absolute atomic E-state index is 0.159. The van der Waals surface area contributed by atoms with Gasteiger partial charge < -0.3 is 10.1 Å². The molecule has 0 atom stereocenters. The van der Waals surface area contributed by atoms with Crippen LogP contribution in [0, 0.1) is 5.82 Å². The van der Waals surface area contributed by atoms with E-state index in [2.05, 4.69) is 5.32 Å². The zero-order valence-electron chi connectivity index (χ0n) is 9.08. The first-order valence-electron chi connectivity index (χ1n) is 5.05. The van der Waals surface area contributed by atoms with Crippen LogP contribution in [0.25, 0.3) is 0 Å². The van der Waals surface area contributed by atoms with Crippen molar-refractivity contribution in [1.82, 2.24) is 0 Å². The molecule has 1 N–H and O–H groups in total. The van der Waals surface area contributed by atoms with Gasteiger partial charge in [-0.1, -0.05) is 0 Å². The second kappa shape index (κ2) is 4.75. The van der Waals surface area contributed by atoms with Crippen LogP contribution >= 0.6 is 11.8 Å². The predicted octanol–water partition coefficient (Wildman–Crippen LogP) is 2.05. The first kappa shape index (κ1) is 11.9. The number of fused-ring (bicyclic) bond motifs is 1. The van der Waals surface area contributed by atoms with Crippen molar-refractivity contribution in [2.75, 3.05) is 17.7 Å². The Hall–Kier alpha value is -1.56. The van der Waals surface area contributed by atoms with Crippen molar-refractivity contribution in [3.8, 4) is 0 Å². The normalized spacial score (nSPS) is 13.9. The molecule has 0 saturated heterocycles. The zero-order chi connectivity index (χ0) is 12.4. The van der Waals surface area contributed by atoms with Crippen LogP contribution in [0.2, 0.25) is 0 Å². The molecule has 0 bridgehead atoms. The fraction of sp³-hybridized carbons (Fsp3) is 0.273. The van der Waals surface area contributed by atoms with Gasteiger partial charge in [-0.15, -0.1) is 11.8 Å². The third-order valence-electron chi connectivity index (χ3n) is 2.20. The lowest BCUT2D eigenvalue weighted by atomic mass is 10.2. The number of benzene rings is 1. The number of carbonyl (C=O) groups excluding carboxylic acids is 2. The van der Waals surface area contributed by atoms with E-state index in [0.29, 0.717) is 10.6 Å². The van der Waals surface area contributed by atoms with Gasteiger partial charge in [-0.25, -0.2) is 9.18 Å². The van der Waals surface area contributed by atoms with Crippen molar-refractivity contribution >= 4 is 29.3 Å². The monoisotopic (exact) mass is 255 g/mol. The van der Waals surface area contributed by atoms with Gasteiger partial charge in [0.25, 0.3) is 0 Å². The lowest BCUT2D eigenvalue weighted by molar-refractivity contribution is -0.113. The summed E-state index contributed by atoms with van der Waals surface area (Å²) in [7, 11) is 0. The van der Waals surface area contributed by atoms with E-state index in [9.17, 15) is 14.0 Å². The SMILES string of the molecule is CCOC(=O)c1cc2c(cc1F)SCC(=O)N2. The Morgan fingerprint density at radius 1 is 1.59 bits per heavy atom. The summed E-state index contributed by atoms with van der Waals surface area (Å²) in [6, 6.07) is 2.55. The Morgan fingerprint density at radius 2 is 2.35 bits per heavy atom. The smallest absolute Gasteiger partial charge is 0.341 e. The molecule has 0 aliphatic carbocycles. The molecule has 4 nitrogen and oxygen atoms in total. The van der Waals surface area contributed by atoms with E-state index in [0.717, 1.165) is 0 Å². The van der Waals surface area contributed by atoms with Crippen molar-refractivity contribution in [2.45, 2.75) is 11.8 Å². The Bertz CT molecular complexity index is 490. The first-order valence-corrected chi connectivity index (χ1v) is 6.03. The molecule has 17 heavy (non-hydrogen) atoms. The number of anilines is 1. The third-order valence-corrected chi connectivity index (χ3v) is 3.25. The lowest BCUT2D eigenvalue weighted by Crippen LogP contribution is -2.20. The molecule has 0 saturated carbocycles. The van der Waals surface area contributed by atoms with Gasteiger partial charge >= 0.3 is 5.97 Å². The number of nitrogens with one attached hydrogen (secondary N) is 1. The van der Waals surface area contributed by atoms with Gasteiger partial charge in [0.05, 0.1) is 23.6 Å². The van der Waals surface area contributed by atoms with Crippen molar-refractivity contribution in [3.63, 3.8) is 0 Å². The topological polar surface area (TPSA) is 55.4 Å². The molecule has 1 aromatic rings. The third kappa shape index (κ3) is 2.41. The van der Waals surface area contributed by atoms with Gasteiger partial charge in [0.2, 0.25) is 5.91 Å². The van der Waals surface area contributed by atoms with E-state index < -0.39 is 11.8 Å². The van der Waals surface area contributed by atoms with E-state index in [1.807, 2.05) is 0 Å². The number of hydrogen-bond donors (Lipinski definition) is 1. The molecule has 1 aromatic carbocycles. The maximum Gasteiger partial charge on any atom is 0.341 e. The van der Waals surface area contributed by atoms with Crippen molar-refractivity contribution in [1.29, 1.82) is 0 Å². The Kier molecular flexibility index (Phi) is 3.33. The molecule has 0 spiro atoms. The van der Waals surface area contributed by atoms with Crippen LogP contribution in [-0.4, -0.2) is 24.2 Å². The van der Waals surface area contributed by atoms with Gasteiger partial charge in [-0.05, 0) is 19.1 Å². The molecule has 0 fully saturated rings. The summed E-state index contributed by atoms with van der Waals surface area (Å²) < 4.78 is 18.3. The average molecular weight is 255 g/mol. The van der Waals surface area contributed by atoms with E-state index >= 15 is 0 Å². The minimum atomic E-state index is -0.724. The van der Waals surface area contributed by atoms with Crippen LogP contribution in [0.1, 0.15) is 17.3 Å². The number of esters is 1. The molecule has 0 radical (unpaired) electrons. The summed E-state index contributed by atoms with van der Waals surface area (Å²) in [5.41, 5.74) is 0.295. The maximum absolute atomic E-state index is 13.6. The van der Waals surface area contributed by atoms with Crippen LogP contribution in [-0.2, 0) is 9.53 Å². The van der Waals surface area contributed by atoms with Gasteiger partial charge in [-0.3, -0.25) is 4.79 Å². The highest BCUT2D eigenvalue weighted by Gasteiger charge is 2.21. The predicted molar refractivity (Wildman–Crippen MR) is 61.7 cm³/mol. The van der Waals surface area contributed by atoms with E-state index in [1.165, 1.54) is 23.9 Å². The molecule has 1 amide bonds. The molecule has 0 aromatic heterocycles. The number of amides is 1. The van der Waals surface area contributed by atoms with Gasteiger partial charge in [0, 0.05) is 4.90 Å². The minimum Gasteiger partial charge on any atom is -0.462 e. The summed E-state index contributed by atoms with van der Waals surface area (Å²) in [5, 5.41) is 2.59. The Balaban J connectivity index is 2.38. The highest BCUT2D eigenvalue weighted by molar-refractivity contribution is 8.00. The fourth-order valence-corrected chi connectivity index (χ4v) is 2.28. The fourth-order valence-electron chi connectivity index (χ4n) is 1.47. The number of hydrogen-bond acceptors (Lipinski definition) is 4. The second-order valence-corrected chi connectivity index (χ2v) is 4.40. The van der Waals surface area contributed by atoms with E-state index in [-0.39, 0.29) is 23.8 Å². The zero-order valence-corrected chi connectivity index (χ0v) is 9.90. The van der Waals surface area contributed by atoms with Gasteiger partial charge in [0.1, 0.15) is 5.82 Å². The molecule has 1 aliphatic heterocycles. The van der Waals surface area contributed by atoms with Crippen molar-refractivity contribution in [3.05, 3.63) is 23.5 Å². The number of thioether (sulfide) groups is 1. The van der Waals surface area contributed by atoms with Gasteiger partial charge in [-0.2, -0.15) is 0 Å². The highest BCUT2D eigenvalue weighted by atomic mass is 32.2. The molecule has 0 unspecified atom stereocenters. The largest absolute Gasteiger partial charge is 0.462 e. The van der Waals surface area contributed by atoms with Crippen LogP contribution in [0.5, 0.6) is 0 Å². The van der Waals surface area contributed by atoms with Gasteiger partial charge in [0.15, 0.2) is 0 Å². The lowest BCUT2D eigenvalue weighted by Gasteiger charge is -2.17. The quantitative estimate of drug-likeness (QED) is 0.822. The molecule has 1 aliphatic rings. The molecule has 1 heterocycles. The summed E-state index contributed by atoms with van der Waals surface area (Å²) in [6.45, 7) is 1.82. The average Bonchev–Trinajstić information content (AvgIpc) is 2.29. The molecule has 6 heteroatoms. The van der Waals surface area contributed by atoms with Crippen molar-refractivity contribution < 1.29 is 18.7 Å². The summed E-state index contributed by atoms with van der Waals surface area (Å²) in [6.07, 6.45) is 0.